The van der Waals surface area contributed by atoms with Crippen LogP contribution >= 0.6 is 0 Å². The predicted octanol–water partition coefficient (Wildman–Crippen LogP) is 2.57. The first-order chi connectivity index (χ1) is 7.61. The first-order valence-corrected chi connectivity index (χ1v) is 5.33. The van der Waals surface area contributed by atoms with Crippen molar-refractivity contribution in [1.82, 2.24) is 0 Å². The topological polar surface area (TPSA) is 36.9 Å². The standard InChI is InChI=1S/C12H16O4/c1-4-13-8-14-9-5-6-10-11(7-9)16-12(2,3)15-10/h5-7H,4,8H2,1-3H3. The molecule has 0 fully saturated rings. The SMILES string of the molecule is CCOCOc1ccc2c(c1)OC(C)(C)O2. The molecule has 0 aromatic heterocycles. The summed E-state index contributed by atoms with van der Waals surface area (Å²) in [6.07, 6.45) is 0. The predicted molar refractivity (Wildman–Crippen MR) is 58.9 cm³/mol. The Bertz CT molecular complexity index is 373. The van der Waals surface area contributed by atoms with E-state index in [1.165, 1.54) is 0 Å². The second-order valence-corrected chi connectivity index (χ2v) is 3.97. The van der Waals surface area contributed by atoms with Gasteiger partial charge in [-0.1, -0.05) is 0 Å². The van der Waals surface area contributed by atoms with Crippen LogP contribution in [0.2, 0.25) is 0 Å². The van der Waals surface area contributed by atoms with Crippen LogP contribution in [0.1, 0.15) is 20.8 Å². The van der Waals surface area contributed by atoms with Gasteiger partial charge in [-0.3, -0.25) is 0 Å². The molecule has 88 valence electrons. The van der Waals surface area contributed by atoms with Crippen LogP contribution in [0.25, 0.3) is 0 Å². The van der Waals surface area contributed by atoms with Crippen LogP contribution in [-0.2, 0) is 4.74 Å². The Morgan fingerprint density at radius 3 is 2.69 bits per heavy atom. The smallest absolute Gasteiger partial charge is 0.246 e. The molecule has 0 unspecified atom stereocenters. The summed E-state index contributed by atoms with van der Waals surface area (Å²) in [5.41, 5.74) is 0. The minimum Gasteiger partial charge on any atom is -0.467 e. The van der Waals surface area contributed by atoms with Gasteiger partial charge in [0.1, 0.15) is 5.75 Å². The molecular weight excluding hydrogens is 208 g/mol. The zero-order chi connectivity index (χ0) is 11.6. The highest BCUT2D eigenvalue weighted by molar-refractivity contribution is 5.47. The molecule has 1 aromatic carbocycles. The first kappa shape index (κ1) is 11.1. The molecule has 0 aliphatic carbocycles. The number of fused-ring (bicyclic) bond motifs is 1. The van der Waals surface area contributed by atoms with Crippen molar-refractivity contribution in [2.24, 2.45) is 0 Å². The Hall–Kier alpha value is -1.42. The highest BCUT2D eigenvalue weighted by Gasteiger charge is 2.31. The molecule has 0 N–H and O–H groups in total. The summed E-state index contributed by atoms with van der Waals surface area (Å²) in [6, 6.07) is 5.48. The van der Waals surface area contributed by atoms with Gasteiger partial charge < -0.3 is 18.9 Å². The van der Waals surface area contributed by atoms with Gasteiger partial charge in [0.2, 0.25) is 5.79 Å². The van der Waals surface area contributed by atoms with E-state index in [-0.39, 0.29) is 6.79 Å². The third kappa shape index (κ3) is 2.39. The Labute approximate surface area is 95.1 Å². The zero-order valence-electron chi connectivity index (χ0n) is 9.78. The first-order valence-electron chi connectivity index (χ1n) is 5.33. The lowest BCUT2D eigenvalue weighted by Crippen LogP contribution is -2.29. The molecule has 0 spiro atoms. The summed E-state index contributed by atoms with van der Waals surface area (Å²) in [6.45, 7) is 6.55. The molecule has 0 saturated heterocycles. The number of rotatable bonds is 4. The minimum atomic E-state index is -0.596. The molecule has 1 aromatic rings. The fraction of sp³-hybridized carbons (Fsp3) is 0.500. The van der Waals surface area contributed by atoms with Crippen LogP contribution in [0.3, 0.4) is 0 Å². The molecule has 0 bridgehead atoms. The van der Waals surface area contributed by atoms with E-state index in [1.54, 1.807) is 0 Å². The van der Waals surface area contributed by atoms with Crippen molar-refractivity contribution in [3.8, 4) is 17.2 Å². The highest BCUT2D eigenvalue weighted by atomic mass is 16.7. The number of ether oxygens (including phenoxy) is 4. The van der Waals surface area contributed by atoms with E-state index in [2.05, 4.69) is 0 Å². The Morgan fingerprint density at radius 2 is 1.94 bits per heavy atom. The van der Waals surface area contributed by atoms with Crippen molar-refractivity contribution in [3.63, 3.8) is 0 Å². The van der Waals surface area contributed by atoms with Crippen LogP contribution in [-0.4, -0.2) is 19.2 Å². The van der Waals surface area contributed by atoms with Crippen LogP contribution in [0.15, 0.2) is 18.2 Å². The Kier molecular flexibility index (Phi) is 2.92. The van der Waals surface area contributed by atoms with Crippen LogP contribution in [0.5, 0.6) is 17.2 Å². The van der Waals surface area contributed by atoms with E-state index >= 15 is 0 Å². The van der Waals surface area contributed by atoms with Gasteiger partial charge in [-0.15, -0.1) is 0 Å². The Balaban J connectivity index is 2.04. The average Bonchev–Trinajstić information content (AvgIpc) is 2.51. The van der Waals surface area contributed by atoms with Crippen molar-refractivity contribution < 1.29 is 18.9 Å². The number of hydrogen-bond acceptors (Lipinski definition) is 4. The maximum Gasteiger partial charge on any atom is 0.246 e. The second-order valence-electron chi connectivity index (χ2n) is 3.97. The molecule has 1 aliphatic rings. The molecule has 0 radical (unpaired) electrons. The lowest BCUT2D eigenvalue weighted by Gasteiger charge is -2.16. The zero-order valence-corrected chi connectivity index (χ0v) is 9.78. The molecule has 4 heteroatoms. The molecule has 4 nitrogen and oxygen atoms in total. The number of benzene rings is 1. The summed E-state index contributed by atoms with van der Waals surface area (Å²) in [7, 11) is 0. The monoisotopic (exact) mass is 224 g/mol. The van der Waals surface area contributed by atoms with Gasteiger partial charge in [-0.2, -0.15) is 0 Å². The van der Waals surface area contributed by atoms with Gasteiger partial charge in [0.15, 0.2) is 18.3 Å². The van der Waals surface area contributed by atoms with Gasteiger partial charge in [-0.05, 0) is 19.1 Å². The molecular formula is C12H16O4. The summed E-state index contributed by atoms with van der Waals surface area (Å²) in [5.74, 6) is 1.57. The average molecular weight is 224 g/mol. The molecule has 1 aliphatic heterocycles. The van der Waals surface area contributed by atoms with Gasteiger partial charge in [-0.25, -0.2) is 0 Å². The lowest BCUT2D eigenvalue weighted by molar-refractivity contribution is -0.0432. The van der Waals surface area contributed by atoms with Crippen LogP contribution < -0.4 is 14.2 Å². The van der Waals surface area contributed by atoms with Crippen LogP contribution in [0, 0.1) is 0 Å². The Morgan fingerprint density at radius 1 is 1.19 bits per heavy atom. The number of hydrogen-bond donors (Lipinski definition) is 0. The lowest BCUT2D eigenvalue weighted by atomic mass is 10.3. The maximum atomic E-state index is 5.60. The summed E-state index contributed by atoms with van der Waals surface area (Å²) >= 11 is 0. The summed E-state index contributed by atoms with van der Waals surface area (Å²) in [4.78, 5) is 0. The van der Waals surface area contributed by atoms with Crippen molar-refractivity contribution in [1.29, 1.82) is 0 Å². The van der Waals surface area contributed by atoms with E-state index in [1.807, 2.05) is 39.0 Å². The molecule has 1 heterocycles. The van der Waals surface area contributed by atoms with E-state index in [0.717, 1.165) is 5.75 Å². The molecule has 16 heavy (non-hydrogen) atoms. The van der Waals surface area contributed by atoms with Crippen LogP contribution in [0.4, 0.5) is 0 Å². The van der Waals surface area contributed by atoms with Crippen molar-refractivity contribution >= 4 is 0 Å². The normalized spacial score (nSPS) is 16.2. The third-order valence-corrected chi connectivity index (χ3v) is 2.14. The maximum absolute atomic E-state index is 5.60. The molecule has 0 atom stereocenters. The van der Waals surface area contributed by atoms with Crippen molar-refractivity contribution in [3.05, 3.63) is 18.2 Å². The van der Waals surface area contributed by atoms with Crippen molar-refractivity contribution in [2.45, 2.75) is 26.6 Å². The minimum absolute atomic E-state index is 0.250. The van der Waals surface area contributed by atoms with E-state index in [0.29, 0.717) is 18.1 Å². The van der Waals surface area contributed by atoms with E-state index in [9.17, 15) is 0 Å². The highest BCUT2D eigenvalue weighted by Crippen LogP contribution is 2.41. The van der Waals surface area contributed by atoms with E-state index in [4.69, 9.17) is 18.9 Å². The summed E-state index contributed by atoms with van der Waals surface area (Å²) in [5, 5.41) is 0. The van der Waals surface area contributed by atoms with Gasteiger partial charge in [0.05, 0.1) is 0 Å². The van der Waals surface area contributed by atoms with Gasteiger partial charge >= 0.3 is 0 Å². The third-order valence-electron chi connectivity index (χ3n) is 2.14. The fourth-order valence-corrected chi connectivity index (χ4v) is 1.49. The van der Waals surface area contributed by atoms with Gasteiger partial charge in [0, 0.05) is 26.5 Å². The quantitative estimate of drug-likeness (QED) is 0.582. The second kappa shape index (κ2) is 4.22. The molecule has 0 saturated carbocycles. The van der Waals surface area contributed by atoms with Gasteiger partial charge in [0.25, 0.3) is 0 Å². The van der Waals surface area contributed by atoms with E-state index < -0.39 is 5.79 Å². The largest absolute Gasteiger partial charge is 0.467 e. The van der Waals surface area contributed by atoms with Crippen molar-refractivity contribution in [2.75, 3.05) is 13.4 Å². The molecule has 0 amide bonds. The molecule has 2 rings (SSSR count). The summed E-state index contributed by atoms with van der Waals surface area (Å²) < 4.78 is 21.6. The fourth-order valence-electron chi connectivity index (χ4n) is 1.49.